The molecule has 0 saturated carbocycles. The molecule has 2 aromatic rings. The largest absolute Gasteiger partial charge is 0.497 e. The molecule has 20 heavy (non-hydrogen) atoms. The Hall–Kier alpha value is -1.53. The molecule has 0 bridgehead atoms. The van der Waals surface area contributed by atoms with Crippen molar-refractivity contribution in [2.24, 2.45) is 0 Å². The summed E-state index contributed by atoms with van der Waals surface area (Å²) < 4.78 is 33.0. The molecule has 0 heterocycles. The first-order valence-corrected chi connectivity index (χ1v) is 8.13. The van der Waals surface area contributed by atoms with Gasteiger partial charge in [-0.2, -0.15) is 0 Å². The second-order valence-electron chi connectivity index (χ2n) is 4.22. The summed E-state index contributed by atoms with van der Waals surface area (Å²) in [7, 11) is -2.11. The highest BCUT2D eigenvalue weighted by molar-refractivity contribution is 9.10. The van der Waals surface area contributed by atoms with Crippen molar-refractivity contribution in [2.75, 3.05) is 11.8 Å². The molecule has 0 unspecified atom stereocenters. The Bertz CT molecular complexity index is 729. The predicted octanol–water partition coefficient (Wildman–Crippen LogP) is 3.57. The summed E-state index contributed by atoms with van der Waals surface area (Å²) in [6.45, 7) is 1.83. The number of benzene rings is 2. The fourth-order valence-corrected chi connectivity index (χ4v) is 3.83. The number of anilines is 1. The van der Waals surface area contributed by atoms with Crippen LogP contribution in [0, 0.1) is 6.92 Å². The minimum Gasteiger partial charge on any atom is -0.497 e. The minimum absolute atomic E-state index is 0.196. The summed E-state index contributed by atoms with van der Waals surface area (Å²) in [6.07, 6.45) is 0. The maximum absolute atomic E-state index is 12.4. The number of halogens is 1. The second kappa shape index (κ2) is 5.85. The highest BCUT2D eigenvalue weighted by atomic mass is 79.9. The zero-order valence-corrected chi connectivity index (χ0v) is 13.5. The summed E-state index contributed by atoms with van der Waals surface area (Å²) in [5, 5.41) is 0. The molecular weight excluding hydrogens is 342 g/mol. The van der Waals surface area contributed by atoms with Gasteiger partial charge in [-0.1, -0.05) is 18.2 Å². The van der Waals surface area contributed by atoms with Crippen LogP contribution in [0.5, 0.6) is 5.75 Å². The first-order chi connectivity index (χ1) is 9.44. The van der Waals surface area contributed by atoms with E-state index in [0.29, 0.717) is 15.9 Å². The van der Waals surface area contributed by atoms with Crippen LogP contribution < -0.4 is 9.46 Å². The number of hydrogen-bond donors (Lipinski definition) is 1. The highest BCUT2D eigenvalue weighted by Gasteiger charge is 2.18. The molecular formula is C14H14BrNO3S. The molecule has 0 spiro atoms. The van der Waals surface area contributed by atoms with E-state index in [1.54, 1.807) is 42.5 Å². The van der Waals surface area contributed by atoms with E-state index < -0.39 is 10.0 Å². The van der Waals surface area contributed by atoms with Gasteiger partial charge in [0.15, 0.2) is 0 Å². The maximum atomic E-state index is 12.4. The summed E-state index contributed by atoms with van der Waals surface area (Å²) in [6, 6.07) is 11.9. The summed E-state index contributed by atoms with van der Waals surface area (Å²) >= 11 is 3.25. The van der Waals surface area contributed by atoms with Crippen LogP contribution >= 0.6 is 15.9 Å². The van der Waals surface area contributed by atoms with Crippen LogP contribution in [0.25, 0.3) is 0 Å². The molecule has 0 atom stereocenters. The smallest absolute Gasteiger partial charge is 0.263 e. The highest BCUT2D eigenvalue weighted by Crippen LogP contribution is 2.27. The van der Waals surface area contributed by atoms with E-state index in [2.05, 4.69) is 20.7 Å². The van der Waals surface area contributed by atoms with Crippen molar-refractivity contribution in [3.8, 4) is 5.75 Å². The van der Waals surface area contributed by atoms with E-state index in [1.165, 1.54) is 7.11 Å². The lowest BCUT2D eigenvalue weighted by Gasteiger charge is -2.12. The molecule has 0 radical (unpaired) electrons. The Morgan fingerprint density at radius 1 is 1.15 bits per heavy atom. The van der Waals surface area contributed by atoms with Crippen LogP contribution in [-0.4, -0.2) is 15.5 Å². The average Bonchev–Trinajstić information content (AvgIpc) is 2.41. The number of nitrogens with one attached hydrogen (secondary N) is 1. The van der Waals surface area contributed by atoms with E-state index in [9.17, 15) is 8.42 Å². The number of ether oxygens (including phenoxy) is 1. The minimum atomic E-state index is -3.64. The lowest BCUT2D eigenvalue weighted by Crippen LogP contribution is -2.14. The molecule has 2 aromatic carbocycles. The summed E-state index contributed by atoms with van der Waals surface area (Å²) in [4.78, 5) is 0.196. The normalized spacial score (nSPS) is 11.2. The molecule has 4 nitrogen and oxygen atoms in total. The van der Waals surface area contributed by atoms with Gasteiger partial charge < -0.3 is 4.74 Å². The van der Waals surface area contributed by atoms with Crippen molar-refractivity contribution in [3.05, 3.63) is 52.5 Å². The zero-order valence-electron chi connectivity index (χ0n) is 11.1. The van der Waals surface area contributed by atoms with Gasteiger partial charge in [0.25, 0.3) is 10.0 Å². The monoisotopic (exact) mass is 355 g/mol. The Morgan fingerprint density at radius 3 is 2.50 bits per heavy atom. The second-order valence-corrected chi connectivity index (χ2v) is 6.72. The third-order valence-corrected chi connectivity index (χ3v) is 5.19. The molecule has 106 valence electrons. The van der Waals surface area contributed by atoms with Gasteiger partial charge in [-0.15, -0.1) is 0 Å². The first-order valence-electron chi connectivity index (χ1n) is 5.86. The molecule has 0 fully saturated rings. The quantitative estimate of drug-likeness (QED) is 0.911. The molecule has 0 aliphatic carbocycles. The Balaban J connectivity index is 2.41. The summed E-state index contributed by atoms with van der Waals surface area (Å²) in [5.74, 6) is 0.598. The van der Waals surface area contributed by atoms with Crippen molar-refractivity contribution in [1.29, 1.82) is 0 Å². The van der Waals surface area contributed by atoms with Crippen LogP contribution in [0.2, 0.25) is 0 Å². The van der Waals surface area contributed by atoms with Crippen LogP contribution in [0.4, 0.5) is 5.69 Å². The SMILES string of the molecule is COc1ccc(C)c(NS(=O)(=O)c2ccccc2Br)c1. The van der Waals surface area contributed by atoms with Gasteiger partial charge in [0.2, 0.25) is 0 Å². The van der Waals surface area contributed by atoms with Gasteiger partial charge in [-0.05, 0) is 46.6 Å². The zero-order chi connectivity index (χ0) is 14.8. The molecule has 0 aliphatic heterocycles. The van der Waals surface area contributed by atoms with E-state index >= 15 is 0 Å². The van der Waals surface area contributed by atoms with E-state index in [1.807, 2.05) is 6.92 Å². The van der Waals surface area contributed by atoms with Gasteiger partial charge in [-0.3, -0.25) is 4.72 Å². The lowest BCUT2D eigenvalue weighted by molar-refractivity contribution is 0.415. The third-order valence-electron chi connectivity index (χ3n) is 2.82. The van der Waals surface area contributed by atoms with E-state index in [-0.39, 0.29) is 4.90 Å². The van der Waals surface area contributed by atoms with Crippen molar-refractivity contribution in [1.82, 2.24) is 0 Å². The van der Waals surface area contributed by atoms with Crippen molar-refractivity contribution in [3.63, 3.8) is 0 Å². The Morgan fingerprint density at radius 2 is 1.85 bits per heavy atom. The topological polar surface area (TPSA) is 55.4 Å². The molecule has 0 aromatic heterocycles. The third kappa shape index (κ3) is 3.13. The maximum Gasteiger partial charge on any atom is 0.263 e. The standard InChI is InChI=1S/C14H14BrNO3S/c1-10-7-8-11(19-2)9-13(10)16-20(17,18)14-6-4-3-5-12(14)15/h3-9,16H,1-2H3. The van der Waals surface area contributed by atoms with Crippen LogP contribution in [0.1, 0.15) is 5.56 Å². The number of methoxy groups -OCH3 is 1. The lowest BCUT2D eigenvalue weighted by atomic mass is 10.2. The number of rotatable bonds is 4. The number of sulfonamides is 1. The Kier molecular flexibility index (Phi) is 4.35. The molecule has 1 N–H and O–H groups in total. The fourth-order valence-electron chi connectivity index (χ4n) is 1.70. The number of hydrogen-bond acceptors (Lipinski definition) is 3. The van der Waals surface area contributed by atoms with Gasteiger partial charge in [0.1, 0.15) is 10.6 Å². The molecule has 0 amide bonds. The molecule has 0 saturated heterocycles. The average molecular weight is 356 g/mol. The first kappa shape index (κ1) is 14.9. The fraction of sp³-hybridized carbons (Fsp3) is 0.143. The molecule has 2 rings (SSSR count). The Labute approximate surface area is 127 Å². The number of aryl methyl sites for hydroxylation is 1. The van der Waals surface area contributed by atoms with E-state index in [4.69, 9.17) is 4.74 Å². The predicted molar refractivity (Wildman–Crippen MR) is 82.7 cm³/mol. The van der Waals surface area contributed by atoms with Crippen LogP contribution in [0.3, 0.4) is 0 Å². The van der Waals surface area contributed by atoms with Gasteiger partial charge in [0.05, 0.1) is 12.8 Å². The van der Waals surface area contributed by atoms with Crippen molar-refractivity contribution in [2.45, 2.75) is 11.8 Å². The van der Waals surface area contributed by atoms with Crippen LogP contribution in [-0.2, 0) is 10.0 Å². The van der Waals surface area contributed by atoms with Crippen molar-refractivity contribution < 1.29 is 13.2 Å². The summed E-state index contributed by atoms with van der Waals surface area (Å²) in [5.41, 5.74) is 1.32. The van der Waals surface area contributed by atoms with Crippen molar-refractivity contribution >= 4 is 31.6 Å². The van der Waals surface area contributed by atoms with Gasteiger partial charge >= 0.3 is 0 Å². The van der Waals surface area contributed by atoms with Gasteiger partial charge in [-0.25, -0.2) is 8.42 Å². The van der Waals surface area contributed by atoms with Gasteiger partial charge in [0, 0.05) is 10.5 Å². The molecule has 6 heteroatoms. The molecule has 0 aliphatic rings. The van der Waals surface area contributed by atoms with Crippen LogP contribution in [0.15, 0.2) is 51.8 Å². The van der Waals surface area contributed by atoms with E-state index in [0.717, 1.165) is 5.56 Å².